The molecule has 3 aromatic carbocycles. The van der Waals surface area contributed by atoms with E-state index in [9.17, 15) is 30.3 Å². The van der Waals surface area contributed by atoms with Crippen LogP contribution in [0.3, 0.4) is 0 Å². The van der Waals surface area contributed by atoms with Crippen molar-refractivity contribution in [3.63, 3.8) is 0 Å². The molecule has 0 unspecified atom stereocenters. The van der Waals surface area contributed by atoms with Gasteiger partial charge >= 0.3 is 14.0 Å². The number of hydrogen-bond donors (Lipinski definition) is 5. The van der Waals surface area contributed by atoms with Crippen molar-refractivity contribution in [3.05, 3.63) is 76.9 Å². The minimum Gasteiger partial charge on any atom is -0.565 e. The van der Waals surface area contributed by atoms with Crippen molar-refractivity contribution in [3.8, 4) is 34.5 Å². The van der Waals surface area contributed by atoms with Gasteiger partial charge in [0.05, 0.1) is 0 Å². The van der Waals surface area contributed by atoms with Crippen LogP contribution in [0.4, 0.5) is 0 Å². The van der Waals surface area contributed by atoms with Crippen LogP contribution >= 0.6 is 0 Å². The van der Waals surface area contributed by atoms with Crippen LogP contribution in [0, 0.1) is 0 Å². The summed E-state index contributed by atoms with van der Waals surface area (Å²) in [7, 11) is 1.44. The Morgan fingerprint density at radius 3 is 2.31 bits per heavy atom. The van der Waals surface area contributed by atoms with Crippen LogP contribution in [0.15, 0.2) is 54.6 Å². The van der Waals surface area contributed by atoms with Crippen LogP contribution in [0.25, 0.3) is 18.2 Å². The third kappa shape index (κ3) is 6.51. The molecule has 0 fully saturated rings. The summed E-state index contributed by atoms with van der Waals surface area (Å²) < 4.78 is 10.4. The summed E-state index contributed by atoms with van der Waals surface area (Å²) in [5.41, 5.74) is 2.01. The summed E-state index contributed by atoms with van der Waals surface area (Å²) in [6, 6.07) is 12.0. The standard InChI is InChI=1S/C26H25BO8/c1-15(12-17-3-8-20(28)22(30)14-17)34-25(32)11-6-18-5-9-21(29)26(33)19(18)7-2-16-4-10-24(35-27)23(31)13-16/h2-11,13-15,28-31,33H,12,27H2,1H3/b7-2+,11-6+/t15-/m0/s1. The maximum atomic E-state index is 12.3. The van der Waals surface area contributed by atoms with E-state index in [-0.39, 0.29) is 34.3 Å². The lowest BCUT2D eigenvalue weighted by Gasteiger charge is -2.12. The molecule has 0 aliphatic rings. The molecule has 9 heteroatoms. The van der Waals surface area contributed by atoms with Crippen LogP contribution in [0.5, 0.6) is 34.5 Å². The van der Waals surface area contributed by atoms with Crippen molar-refractivity contribution in [2.75, 3.05) is 0 Å². The fourth-order valence-corrected chi connectivity index (χ4v) is 3.39. The number of hydrogen-bond acceptors (Lipinski definition) is 8. The topological polar surface area (TPSA) is 137 Å². The minimum absolute atomic E-state index is 0.0470. The first-order valence-corrected chi connectivity index (χ1v) is 10.7. The van der Waals surface area contributed by atoms with Crippen LogP contribution in [-0.4, -0.2) is 45.7 Å². The molecule has 0 amide bonds. The number of aromatic hydroxyl groups is 5. The molecule has 8 nitrogen and oxygen atoms in total. The number of phenolic OH excluding ortho intramolecular Hbond substituents is 5. The highest BCUT2D eigenvalue weighted by Crippen LogP contribution is 2.34. The SMILES string of the molecule is BOc1ccc(/C=C/c2c(/C=C/C(=O)O[C@@H](C)Cc3ccc(O)c(O)c3)ccc(O)c2O)cc1O. The Kier molecular flexibility index (Phi) is 7.94. The Bertz CT molecular complexity index is 1280. The van der Waals surface area contributed by atoms with E-state index >= 15 is 0 Å². The Morgan fingerprint density at radius 1 is 0.886 bits per heavy atom. The lowest BCUT2D eigenvalue weighted by Crippen LogP contribution is -2.15. The molecular weight excluding hydrogens is 451 g/mol. The lowest BCUT2D eigenvalue weighted by atomic mass is 10.0. The number of phenols is 5. The van der Waals surface area contributed by atoms with Gasteiger partial charge in [-0.1, -0.05) is 24.3 Å². The summed E-state index contributed by atoms with van der Waals surface area (Å²) in [5.74, 6) is -1.52. The molecule has 1 atom stereocenters. The molecule has 0 heterocycles. The monoisotopic (exact) mass is 476 g/mol. The predicted octanol–water partition coefficient (Wildman–Crippen LogP) is 3.50. The average Bonchev–Trinajstić information content (AvgIpc) is 2.81. The molecule has 3 aromatic rings. The van der Waals surface area contributed by atoms with Crippen molar-refractivity contribution in [2.45, 2.75) is 19.4 Å². The lowest BCUT2D eigenvalue weighted by molar-refractivity contribution is -0.141. The van der Waals surface area contributed by atoms with E-state index in [0.29, 0.717) is 28.9 Å². The van der Waals surface area contributed by atoms with Gasteiger partial charge < -0.3 is 34.9 Å². The van der Waals surface area contributed by atoms with E-state index in [1.807, 2.05) is 0 Å². The first kappa shape index (κ1) is 25.1. The molecule has 0 aromatic heterocycles. The molecule has 0 radical (unpaired) electrons. The van der Waals surface area contributed by atoms with Gasteiger partial charge in [-0.3, -0.25) is 0 Å². The van der Waals surface area contributed by atoms with Crippen molar-refractivity contribution in [1.82, 2.24) is 0 Å². The molecule has 5 N–H and O–H groups in total. The molecule has 0 spiro atoms. The maximum Gasteiger partial charge on any atom is 0.331 e. The summed E-state index contributed by atoms with van der Waals surface area (Å²) in [6.45, 7) is 1.69. The van der Waals surface area contributed by atoms with E-state index in [2.05, 4.69) is 0 Å². The van der Waals surface area contributed by atoms with Gasteiger partial charge in [0.25, 0.3) is 0 Å². The van der Waals surface area contributed by atoms with Gasteiger partial charge in [0.2, 0.25) is 0 Å². The molecule has 3 rings (SSSR count). The third-order valence-electron chi connectivity index (χ3n) is 5.15. The second kappa shape index (κ2) is 11.1. The molecular formula is C26H25BO8. The van der Waals surface area contributed by atoms with Crippen molar-refractivity contribution < 1.29 is 39.7 Å². The molecule has 0 saturated heterocycles. The van der Waals surface area contributed by atoms with Crippen LogP contribution in [0.2, 0.25) is 0 Å². The van der Waals surface area contributed by atoms with E-state index in [1.54, 1.807) is 37.3 Å². The van der Waals surface area contributed by atoms with Crippen molar-refractivity contribution in [2.24, 2.45) is 0 Å². The second-order valence-electron chi connectivity index (χ2n) is 7.81. The summed E-state index contributed by atoms with van der Waals surface area (Å²) in [6.07, 6.45) is 5.64. The Labute approximate surface area is 203 Å². The molecule has 180 valence electrons. The van der Waals surface area contributed by atoms with Gasteiger partial charge in [-0.2, -0.15) is 0 Å². The van der Waals surface area contributed by atoms with Gasteiger partial charge in [0, 0.05) is 18.1 Å². The number of esters is 1. The van der Waals surface area contributed by atoms with Gasteiger partial charge in [0.15, 0.2) is 28.7 Å². The van der Waals surface area contributed by atoms with E-state index < -0.39 is 12.1 Å². The summed E-state index contributed by atoms with van der Waals surface area (Å²) in [5, 5.41) is 49.2. The number of benzene rings is 3. The highest BCUT2D eigenvalue weighted by Gasteiger charge is 2.12. The highest BCUT2D eigenvalue weighted by molar-refractivity contribution is 6.00. The normalized spacial score (nSPS) is 12.1. The number of rotatable bonds is 8. The van der Waals surface area contributed by atoms with Crippen LogP contribution in [0.1, 0.15) is 29.2 Å². The highest BCUT2D eigenvalue weighted by atomic mass is 16.5. The van der Waals surface area contributed by atoms with Crippen molar-refractivity contribution >= 4 is 32.2 Å². The quantitative estimate of drug-likeness (QED) is 0.110. The number of ether oxygens (including phenoxy) is 1. The van der Waals surface area contributed by atoms with E-state index in [1.165, 1.54) is 50.5 Å². The van der Waals surface area contributed by atoms with Gasteiger partial charge in [-0.25, -0.2) is 4.79 Å². The van der Waals surface area contributed by atoms with Crippen LogP contribution < -0.4 is 4.65 Å². The van der Waals surface area contributed by atoms with Gasteiger partial charge in [-0.05, 0) is 66.1 Å². The zero-order chi connectivity index (χ0) is 25.5. The number of carbonyl (C=O) groups is 1. The Morgan fingerprint density at radius 2 is 1.63 bits per heavy atom. The van der Waals surface area contributed by atoms with E-state index in [4.69, 9.17) is 9.39 Å². The maximum absolute atomic E-state index is 12.3. The van der Waals surface area contributed by atoms with E-state index in [0.717, 1.165) is 0 Å². The zero-order valence-corrected chi connectivity index (χ0v) is 19.2. The molecule has 0 saturated carbocycles. The largest absolute Gasteiger partial charge is 0.565 e. The first-order chi connectivity index (χ1) is 16.7. The first-order valence-electron chi connectivity index (χ1n) is 10.7. The summed E-state index contributed by atoms with van der Waals surface area (Å²) >= 11 is 0. The molecule has 35 heavy (non-hydrogen) atoms. The Balaban J connectivity index is 1.74. The van der Waals surface area contributed by atoms with Gasteiger partial charge in [-0.15, -0.1) is 0 Å². The summed E-state index contributed by atoms with van der Waals surface area (Å²) in [4.78, 5) is 12.3. The van der Waals surface area contributed by atoms with Gasteiger partial charge in [0.1, 0.15) is 11.9 Å². The smallest absolute Gasteiger partial charge is 0.331 e. The van der Waals surface area contributed by atoms with Crippen LogP contribution in [-0.2, 0) is 16.0 Å². The molecule has 0 bridgehead atoms. The minimum atomic E-state index is -0.622. The molecule has 0 aliphatic heterocycles. The average molecular weight is 476 g/mol. The van der Waals surface area contributed by atoms with Crippen molar-refractivity contribution in [1.29, 1.82) is 0 Å². The fourth-order valence-electron chi connectivity index (χ4n) is 3.39. The molecule has 0 aliphatic carbocycles. The Hall–Kier alpha value is -4.53. The fraction of sp³-hybridized carbons (Fsp3) is 0.115. The third-order valence-corrected chi connectivity index (χ3v) is 5.15. The second-order valence-corrected chi connectivity index (χ2v) is 7.81. The zero-order valence-electron chi connectivity index (χ0n) is 19.2. The predicted molar refractivity (Wildman–Crippen MR) is 134 cm³/mol. The number of carbonyl (C=O) groups excluding carboxylic acids is 1.